The van der Waals surface area contributed by atoms with E-state index in [1.54, 1.807) is 12.1 Å². The minimum absolute atomic E-state index is 0.215. The zero-order chi connectivity index (χ0) is 18.3. The molecule has 7 heteroatoms. The van der Waals surface area contributed by atoms with Crippen LogP contribution in [0.25, 0.3) is 0 Å². The van der Waals surface area contributed by atoms with E-state index in [1.165, 1.54) is 0 Å². The first-order valence-electron chi connectivity index (χ1n) is 8.41. The minimum Gasteiger partial charge on any atom is -0.507 e. The van der Waals surface area contributed by atoms with E-state index in [2.05, 4.69) is 5.32 Å². The molecule has 5 nitrogen and oxygen atoms in total. The van der Waals surface area contributed by atoms with Crippen LogP contribution in [-0.4, -0.2) is 24.2 Å². The van der Waals surface area contributed by atoms with Crippen LogP contribution in [0.2, 0.25) is 0 Å². The Balaban J connectivity index is 1.61. The number of phenolic OH excluding ortho intramolecular Hbond substituents is 1. The van der Waals surface area contributed by atoms with Crippen molar-refractivity contribution in [1.82, 2.24) is 5.32 Å². The Morgan fingerprint density at radius 2 is 1.85 bits per heavy atom. The average Bonchev–Trinajstić information content (AvgIpc) is 3.43. The SMILES string of the molecule is O=C(N[C@H](c1ccc2c(c1)OCCO2)C1CC1)c1c(O)cc(F)cc1F. The number of rotatable bonds is 4. The highest BCUT2D eigenvalue weighted by molar-refractivity contribution is 5.97. The van der Waals surface area contributed by atoms with Gasteiger partial charge < -0.3 is 19.9 Å². The van der Waals surface area contributed by atoms with Crippen molar-refractivity contribution in [2.24, 2.45) is 5.92 Å². The first-order valence-corrected chi connectivity index (χ1v) is 8.41. The second-order valence-corrected chi connectivity index (χ2v) is 6.47. The largest absolute Gasteiger partial charge is 0.507 e. The van der Waals surface area contributed by atoms with Crippen LogP contribution < -0.4 is 14.8 Å². The van der Waals surface area contributed by atoms with Gasteiger partial charge in [0.25, 0.3) is 5.91 Å². The summed E-state index contributed by atoms with van der Waals surface area (Å²) in [6.07, 6.45) is 1.86. The second-order valence-electron chi connectivity index (χ2n) is 6.47. The fourth-order valence-corrected chi connectivity index (χ4v) is 3.15. The quantitative estimate of drug-likeness (QED) is 0.877. The highest BCUT2D eigenvalue weighted by Gasteiger charge is 2.35. The molecule has 1 saturated carbocycles. The number of fused-ring (bicyclic) bond motifs is 1. The van der Waals surface area contributed by atoms with E-state index < -0.39 is 28.9 Å². The van der Waals surface area contributed by atoms with E-state index in [4.69, 9.17) is 9.47 Å². The molecular formula is C19H17F2NO4. The topological polar surface area (TPSA) is 67.8 Å². The molecule has 0 saturated heterocycles. The molecule has 2 N–H and O–H groups in total. The summed E-state index contributed by atoms with van der Waals surface area (Å²) in [6, 6.07) is 6.35. The smallest absolute Gasteiger partial charge is 0.258 e. The molecule has 136 valence electrons. The van der Waals surface area contributed by atoms with Crippen LogP contribution in [-0.2, 0) is 0 Å². The Labute approximate surface area is 148 Å². The molecule has 1 heterocycles. The van der Waals surface area contributed by atoms with E-state index in [9.17, 15) is 18.7 Å². The summed E-state index contributed by atoms with van der Waals surface area (Å²) >= 11 is 0. The molecule has 4 rings (SSSR count). The van der Waals surface area contributed by atoms with Crippen molar-refractivity contribution in [2.75, 3.05) is 13.2 Å². The standard InChI is InChI=1S/C19H17F2NO4/c20-12-8-13(21)17(14(23)9-12)19(24)22-18(10-1-2-10)11-3-4-15-16(7-11)26-6-5-25-15/h3-4,7-10,18,23H,1-2,5-6H2,(H,22,24)/t18-/m0/s1. The van der Waals surface area contributed by atoms with Gasteiger partial charge in [0.2, 0.25) is 0 Å². The predicted molar refractivity (Wildman–Crippen MR) is 88.4 cm³/mol. The van der Waals surface area contributed by atoms with Crippen LogP contribution in [0.3, 0.4) is 0 Å². The highest BCUT2D eigenvalue weighted by Crippen LogP contribution is 2.43. The number of ether oxygens (including phenoxy) is 2. The van der Waals surface area contributed by atoms with Crippen LogP contribution >= 0.6 is 0 Å². The summed E-state index contributed by atoms with van der Waals surface area (Å²) in [5.41, 5.74) is 0.252. The number of nitrogens with one attached hydrogen (secondary N) is 1. The van der Waals surface area contributed by atoms with Crippen LogP contribution in [0.4, 0.5) is 8.78 Å². The molecule has 0 spiro atoms. The third-order valence-electron chi connectivity index (χ3n) is 4.57. The van der Waals surface area contributed by atoms with Gasteiger partial charge in [-0.05, 0) is 36.5 Å². The van der Waals surface area contributed by atoms with Gasteiger partial charge in [0.15, 0.2) is 11.5 Å². The number of carbonyl (C=O) groups is 1. The maximum absolute atomic E-state index is 14.0. The Morgan fingerprint density at radius 1 is 1.12 bits per heavy atom. The van der Waals surface area contributed by atoms with Crippen molar-refractivity contribution in [3.63, 3.8) is 0 Å². The molecule has 0 radical (unpaired) electrons. The summed E-state index contributed by atoms with van der Waals surface area (Å²) in [5.74, 6) is -2.10. The van der Waals surface area contributed by atoms with Crippen molar-refractivity contribution in [3.05, 3.63) is 53.1 Å². The number of benzene rings is 2. The third kappa shape index (κ3) is 3.16. The van der Waals surface area contributed by atoms with Crippen LogP contribution in [0.1, 0.15) is 34.8 Å². The summed E-state index contributed by atoms with van der Waals surface area (Å²) in [7, 11) is 0. The van der Waals surface area contributed by atoms with Gasteiger partial charge in [-0.1, -0.05) is 6.07 Å². The Kier molecular flexibility index (Phi) is 4.14. The molecule has 1 amide bonds. The maximum atomic E-state index is 14.0. The number of aromatic hydroxyl groups is 1. The summed E-state index contributed by atoms with van der Waals surface area (Å²) in [6.45, 7) is 0.934. The lowest BCUT2D eigenvalue weighted by atomic mass is 10.0. The summed E-state index contributed by atoms with van der Waals surface area (Å²) in [4.78, 5) is 12.5. The number of carbonyl (C=O) groups excluding carboxylic acids is 1. The summed E-state index contributed by atoms with van der Waals surface area (Å²) < 4.78 is 38.2. The molecule has 0 unspecified atom stereocenters. The monoisotopic (exact) mass is 361 g/mol. The fourth-order valence-electron chi connectivity index (χ4n) is 3.15. The second kappa shape index (κ2) is 6.48. The van der Waals surface area contributed by atoms with Gasteiger partial charge in [-0.25, -0.2) is 8.78 Å². The van der Waals surface area contributed by atoms with Crippen LogP contribution in [0.5, 0.6) is 17.2 Å². The van der Waals surface area contributed by atoms with E-state index in [-0.39, 0.29) is 12.0 Å². The Hall–Kier alpha value is -2.83. The van der Waals surface area contributed by atoms with Crippen molar-refractivity contribution in [3.8, 4) is 17.2 Å². The van der Waals surface area contributed by atoms with E-state index in [1.807, 2.05) is 6.07 Å². The average molecular weight is 361 g/mol. The van der Waals surface area contributed by atoms with Gasteiger partial charge >= 0.3 is 0 Å². The van der Waals surface area contributed by atoms with Crippen LogP contribution in [0, 0.1) is 17.6 Å². The van der Waals surface area contributed by atoms with Gasteiger partial charge in [0.05, 0.1) is 6.04 Å². The predicted octanol–water partition coefficient (Wildman–Crippen LogP) is 3.32. The number of halogens is 2. The summed E-state index contributed by atoms with van der Waals surface area (Å²) in [5, 5.41) is 12.5. The normalized spacial score (nSPS) is 16.8. The number of phenols is 1. The molecule has 1 aliphatic heterocycles. The van der Waals surface area contributed by atoms with Crippen molar-refractivity contribution in [1.29, 1.82) is 0 Å². The fraction of sp³-hybridized carbons (Fsp3) is 0.316. The Bertz CT molecular complexity index is 844. The lowest BCUT2D eigenvalue weighted by Crippen LogP contribution is -2.30. The van der Waals surface area contributed by atoms with Crippen molar-refractivity contribution >= 4 is 5.91 Å². The highest BCUT2D eigenvalue weighted by atomic mass is 19.1. The van der Waals surface area contributed by atoms with E-state index in [0.717, 1.165) is 18.4 Å². The molecule has 2 aromatic carbocycles. The number of hydrogen-bond acceptors (Lipinski definition) is 4. The molecule has 1 atom stereocenters. The maximum Gasteiger partial charge on any atom is 0.258 e. The molecular weight excluding hydrogens is 344 g/mol. The molecule has 1 fully saturated rings. The van der Waals surface area contributed by atoms with Crippen LogP contribution in [0.15, 0.2) is 30.3 Å². The number of amides is 1. The van der Waals surface area contributed by atoms with Gasteiger partial charge in [0.1, 0.15) is 36.2 Å². The molecule has 2 aliphatic rings. The molecule has 26 heavy (non-hydrogen) atoms. The van der Waals surface area contributed by atoms with Gasteiger partial charge in [-0.3, -0.25) is 4.79 Å². The van der Waals surface area contributed by atoms with Crippen molar-refractivity contribution < 1.29 is 28.2 Å². The van der Waals surface area contributed by atoms with E-state index >= 15 is 0 Å². The molecule has 1 aliphatic carbocycles. The third-order valence-corrected chi connectivity index (χ3v) is 4.57. The van der Waals surface area contributed by atoms with Gasteiger partial charge in [-0.2, -0.15) is 0 Å². The van der Waals surface area contributed by atoms with Crippen molar-refractivity contribution in [2.45, 2.75) is 18.9 Å². The first kappa shape index (κ1) is 16.6. The van der Waals surface area contributed by atoms with E-state index in [0.29, 0.717) is 36.8 Å². The van der Waals surface area contributed by atoms with Gasteiger partial charge in [-0.15, -0.1) is 0 Å². The number of hydrogen-bond donors (Lipinski definition) is 2. The zero-order valence-corrected chi connectivity index (χ0v) is 13.8. The minimum atomic E-state index is -1.10. The molecule has 0 bridgehead atoms. The Morgan fingerprint density at radius 3 is 2.54 bits per heavy atom. The lowest BCUT2D eigenvalue weighted by molar-refractivity contribution is 0.0924. The zero-order valence-electron chi connectivity index (χ0n) is 13.8. The molecule has 0 aromatic heterocycles. The first-order chi connectivity index (χ1) is 12.5. The van der Waals surface area contributed by atoms with Gasteiger partial charge in [0, 0.05) is 12.1 Å². The lowest BCUT2D eigenvalue weighted by Gasteiger charge is -2.23. The molecule has 2 aromatic rings.